The van der Waals surface area contributed by atoms with Gasteiger partial charge in [0.2, 0.25) is 0 Å². The molecule has 14 heavy (non-hydrogen) atoms. The second kappa shape index (κ2) is 6.10. The van der Waals surface area contributed by atoms with Crippen molar-refractivity contribution in [3.8, 4) is 0 Å². The van der Waals surface area contributed by atoms with E-state index in [2.05, 4.69) is 32.0 Å². The fourth-order valence-electron chi connectivity index (χ4n) is 1.44. The molecule has 1 nitrogen and oxygen atoms in total. The normalized spacial score (nSPS) is 10.5. The first-order valence-corrected chi connectivity index (χ1v) is 6.23. The van der Waals surface area contributed by atoms with E-state index in [0.717, 1.165) is 18.7 Å². The SMILES string of the molecule is Cc1ccc(C)c(CCSCCN)c1. The molecule has 0 atom stereocenters. The van der Waals surface area contributed by atoms with E-state index in [0.29, 0.717) is 0 Å². The molecule has 0 heterocycles. The van der Waals surface area contributed by atoms with E-state index in [4.69, 9.17) is 5.73 Å². The van der Waals surface area contributed by atoms with Crippen molar-refractivity contribution >= 4 is 11.8 Å². The van der Waals surface area contributed by atoms with Crippen molar-refractivity contribution in [2.75, 3.05) is 18.1 Å². The topological polar surface area (TPSA) is 26.0 Å². The van der Waals surface area contributed by atoms with Crippen LogP contribution in [0.4, 0.5) is 0 Å². The number of thioether (sulfide) groups is 1. The molecule has 0 aliphatic carbocycles. The minimum absolute atomic E-state index is 0.789. The Kier molecular flexibility index (Phi) is 5.05. The Balaban J connectivity index is 2.45. The van der Waals surface area contributed by atoms with Crippen LogP contribution in [0.3, 0.4) is 0 Å². The zero-order valence-corrected chi connectivity index (χ0v) is 9.86. The number of nitrogens with two attached hydrogens (primary N) is 1. The average molecular weight is 209 g/mol. The standard InChI is InChI=1S/C12H19NS/c1-10-3-4-11(2)12(9-10)5-7-14-8-6-13/h3-4,9H,5-8,13H2,1-2H3. The first-order chi connectivity index (χ1) is 6.74. The third-order valence-corrected chi connectivity index (χ3v) is 3.30. The van der Waals surface area contributed by atoms with Gasteiger partial charge in [0.25, 0.3) is 0 Å². The summed E-state index contributed by atoms with van der Waals surface area (Å²) in [7, 11) is 0. The lowest BCUT2D eigenvalue weighted by Crippen LogP contribution is -2.03. The van der Waals surface area contributed by atoms with Gasteiger partial charge in [-0.25, -0.2) is 0 Å². The summed E-state index contributed by atoms with van der Waals surface area (Å²) in [6, 6.07) is 6.67. The second-order valence-corrected chi connectivity index (χ2v) is 4.81. The van der Waals surface area contributed by atoms with Crippen LogP contribution >= 0.6 is 11.8 Å². The molecule has 0 saturated heterocycles. The smallest absolute Gasteiger partial charge is 0.00559 e. The molecule has 1 aromatic carbocycles. The molecule has 0 aliphatic heterocycles. The highest BCUT2D eigenvalue weighted by Crippen LogP contribution is 2.13. The predicted octanol–water partition coefficient (Wildman–Crippen LogP) is 2.54. The van der Waals surface area contributed by atoms with Crippen molar-refractivity contribution in [1.82, 2.24) is 0 Å². The van der Waals surface area contributed by atoms with Gasteiger partial charge in [0.05, 0.1) is 0 Å². The summed E-state index contributed by atoms with van der Waals surface area (Å²) in [6.07, 6.45) is 1.16. The molecule has 0 aromatic heterocycles. The summed E-state index contributed by atoms with van der Waals surface area (Å²) in [5.41, 5.74) is 9.68. The summed E-state index contributed by atoms with van der Waals surface area (Å²) in [6.45, 7) is 5.12. The Labute approximate surface area is 91.1 Å². The van der Waals surface area contributed by atoms with E-state index in [1.54, 1.807) is 0 Å². The molecule has 2 heteroatoms. The largest absolute Gasteiger partial charge is 0.330 e. The van der Waals surface area contributed by atoms with Gasteiger partial charge in [-0.3, -0.25) is 0 Å². The quantitative estimate of drug-likeness (QED) is 0.754. The van der Waals surface area contributed by atoms with E-state index >= 15 is 0 Å². The van der Waals surface area contributed by atoms with Crippen LogP contribution in [-0.4, -0.2) is 18.1 Å². The van der Waals surface area contributed by atoms with Crippen LogP contribution in [0.5, 0.6) is 0 Å². The maximum Gasteiger partial charge on any atom is 0.00559 e. The molecular formula is C12H19NS. The maximum absolute atomic E-state index is 5.44. The average Bonchev–Trinajstić information content (AvgIpc) is 2.18. The Morgan fingerprint density at radius 3 is 2.71 bits per heavy atom. The van der Waals surface area contributed by atoms with Crippen LogP contribution < -0.4 is 5.73 Å². The second-order valence-electron chi connectivity index (χ2n) is 3.58. The van der Waals surface area contributed by atoms with Crippen LogP contribution in [0.25, 0.3) is 0 Å². The summed E-state index contributed by atoms with van der Waals surface area (Å²) in [5.74, 6) is 2.26. The maximum atomic E-state index is 5.44. The van der Waals surface area contributed by atoms with E-state index in [1.807, 2.05) is 11.8 Å². The fraction of sp³-hybridized carbons (Fsp3) is 0.500. The summed E-state index contributed by atoms with van der Waals surface area (Å²) in [5, 5.41) is 0. The predicted molar refractivity (Wildman–Crippen MR) is 66.0 cm³/mol. The van der Waals surface area contributed by atoms with Gasteiger partial charge in [0, 0.05) is 12.3 Å². The molecule has 1 rings (SSSR count). The lowest BCUT2D eigenvalue weighted by Gasteiger charge is -2.06. The van der Waals surface area contributed by atoms with Gasteiger partial charge in [0.1, 0.15) is 0 Å². The van der Waals surface area contributed by atoms with Gasteiger partial charge in [-0.15, -0.1) is 0 Å². The van der Waals surface area contributed by atoms with Gasteiger partial charge in [0.15, 0.2) is 0 Å². The highest BCUT2D eigenvalue weighted by atomic mass is 32.2. The first kappa shape index (κ1) is 11.6. The highest BCUT2D eigenvalue weighted by molar-refractivity contribution is 7.99. The zero-order chi connectivity index (χ0) is 10.4. The molecule has 0 amide bonds. The van der Waals surface area contributed by atoms with Gasteiger partial charge < -0.3 is 5.73 Å². The minimum atomic E-state index is 0.789. The monoisotopic (exact) mass is 209 g/mol. The molecule has 2 N–H and O–H groups in total. The van der Waals surface area contributed by atoms with E-state index in [1.165, 1.54) is 22.4 Å². The summed E-state index contributed by atoms with van der Waals surface area (Å²) >= 11 is 1.94. The van der Waals surface area contributed by atoms with Gasteiger partial charge in [-0.1, -0.05) is 23.8 Å². The van der Waals surface area contributed by atoms with Crippen LogP contribution in [0.15, 0.2) is 18.2 Å². The fourth-order valence-corrected chi connectivity index (χ4v) is 2.17. The van der Waals surface area contributed by atoms with Crippen molar-refractivity contribution in [2.24, 2.45) is 5.73 Å². The van der Waals surface area contributed by atoms with Gasteiger partial charge in [-0.05, 0) is 37.1 Å². The third-order valence-electron chi connectivity index (χ3n) is 2.28. The van der Waals surface area contributed by atoms with Crippen LogP contribution in [0.2, 0.25) is 0 Å². The lowest BCUT2D eigenvalue weighted by atomic mass is 10.0. The summed E-state index contributed by atoms with van der Waals surface area (Å²) in [4.78, 5) is 0. The van der Waals surface area contributed by atoms with E-state index in [9.17, 15) is 0 Å². The Bertz CT molecular complexity index is 284. The van der Waals surface area contributed by atoms with E-state index < -0.39 is 0 Å². The Hall–Kier alpha value is -0.470. The highest BCUT2D eigenvalue weighted by Gasteiger charge is 1.98. The zero-order valence-electron chi connectivity index (χ0n) is 9.05. The van der Waals surface area contributed by atoms with E-state index in [-0.39, 0.29) is 0 Å². The molecule has 0 aliphatic rings. The lowest BCUT2D eigenvalue weighted by molar-refractivity contribution is 1.10. The number of benzene rings is 1. The molecule has 78 valence electrons. The Morgan fingerprint density at radius 2 is 2.00 bits per heavy atom. The molecule has 0 fully saturated rings. The van der Waals surface area contributed by atoms with Crippen molar-refractivity contribution in [3.63, 3.8) is 0 Å². The van der Waals surface area contributed by atoms with Crippen molar-refractivity contribution in [1.29, 1.82) is 0 Å². The first-order valence-electron chi connectivity index (χ1n) is 5.08. The molecule has 0 unspecified atom stereocenters. The number of hydrogen-bond donors (Lipinski definition) is 1. The third kappa shape index (κ3) is 3.72. The number of rotatable bonds is 5. The minimum Gasteiger partial charge on any atom is -0.330 e. The van der Waals surface area contributed by atoms with Crippen LogP contribution in [0, 0.1) is 13.8 Å². The van der Waals surface area contributed by atoms with Crippen molar-refractivity contribution in [3.05, 3.63) is 34.9 Å². The molecule has 0 radical (unpaired) electrons. The molecule has 1 aromatic rings. The van der Waals surface area contributed by atoms with Gasteiger partial charge in [-0.2, -0.15) is 11.8 Å². The van der Waals surface area contributed by atoms with Crippen molar-refractivity contribution < 1.29 is 0 Å². The van der Waals surface area contributed by atoms with Crippen LogP contribution in [-0.2, 0) is 6.42 Å². The summed E-state index contributed by atoms with van der Waals surface area (Å²) < 4.78 is 0. The Morgan fingerprint density at radius 1 is 1.21 bits per heavy atom. The number of aryl methyl sites for hydroxylation is 3. The van der Waals surface area contributed by atoms with Gasteiger partial charge >= 0.3 is 0 Å². The number of hydrogen-bond acceptors (Lipinski definition) is 2. The molecule has 0 saturated carbocycles. The van der Waals surface area contributed by atoms with Crippen LogP contribution in [0.1, 0.15) is 16.7 Å². The molecular weight excluding hydrogens is 190 g/mol. The van der Waals surface area contributed by atoms with Crippen molar-refractivity contribution in [2.45, 2.75) is 20.3 Å². The molecule has 0 spiro atoms. The molecule has 0 bridgehead atoms.